The van der Waals surface area contributed by atoms with Crippen LogP contribution < -0.4 is 5.32 Å². The van der Waals surface area contributed by atoms with Crippen LogP contribution in [0, 0.1) is 5.92 Å². The molecule has 2 atom stereocenters. The highest BCUT2D eigenvalue weighted by atomic mass is 16.2. The van der Waals surface area contributed by atoms with Crippen LogP contribution in [0.2, 0.25) is 0 Å². The van der Waals surface area contributed by atoms with E-state index in [4.69, 9.17) is 0 Å². The Balaban J connectivity index is 1.51. The number of hydrogen-bond acceptors (Lipinski definition) is 2. The van der Waals surface area contributed by atoms with E-state index in [2.05, 4.69) is 24.4 Å². The van der Waals surface area contributed by atoms with Gasteiger partial charge in [0.2, 0.25) is 11.8 Å². The van der Waals surface area contributed by atoms with Gasteiger partial charge in [0.25, 0.3) is 0 Å². The lowest BCUT2D eigenvalue weighted by molar-refractivity contribution is -0.129. The third-order valence-corrected chi connectivity index (χ3v) is 4.75. The number of amides is 2. The number of likely N-dealkylation sites (tertiary alicyclic amines) is 1. The number of benzene rings is 2. The van der Waals surface area contributed by atoms with Crippen molar-refractivity contribution in [1.29, 1.82) is 0 Å². The first-order valence-electron chi connectivity index (χ1n) is 8.78. The smallest absolute Gasteiger partial charge is 0.225 e. The first-order chi connectivity index (χ1) is 12.1. The number of carbonyl (C=O) groups excluding carboxylic acids is 2. The molecule has 1 heterocycles. The maximum atomic E-state index is 12.4. The fourth-order valence-electron chi connectivity index (χ4n) is 3.20. The molecule has 0 saturated carbocycles. The topological polar surface area (TPSA) is 49.4 Å². The van der Waals surface area contributed by atoms with E-state index in [9.17, 15) is 9.59 Å². The van der Waals surface area contributed by atoms with Crippen molar-refractivity contribution in [3.05, 3.63) is 71.8 Å². The second kappa shape index (κ2) is 7.97. The van der Waals surface area contributed by atoms with E-state index in [1.807, 2.05) is 48.5 Å². The van der Waals surface area contributed by atoms with E-state index in [1.165, 1.54) is 5.56 Å². The molecule has 1 N–H and O–H groups in total. The molecule has 0 radical (unpaired) electrons. The molecular weight excluding hydrogens is 312 g/mol. The second-order valence-electron chi connectivity index (χ2n) is 6.72. The molecule has 4 heteroatoms. The highest BCUT2D eigenvalue weighted by Gasteiger charge is 2.34. The fourth-order valence-corrected chi connectivity index (χ4v) is 3.20. The molecule has 1 saturated heterocycles. The Morgan fingerprint density at radius 2 is 1.76 bits per heavy atom. The molecular formula is C21H24N2O2. The summed E-state index contributed by atoms with van der Waals surface area (Å²) in [5, 5.41) is 3.01. The summed E-state index contributed by atoms with van der Waals surface area (Å²) in [6.45, 7) is 3.76. The van der Waals surface area contributed by atoms with Gasteiger partial charge in [-0.3, -0.25) is 9.59 Å². The van der Waals surface area contributed by atoms with E-state index in [-0.39, 0.29) is 23.7 Å². The van der Waals surface area contributed by atoms with Crippen LogP contribution >= 0.6 is 0 Å². The third kappa shape index (κ3) is 4.47. The van der Waals surface area contributed by atoms with E-state index in [0.29, 0.717) is 26.1 Å². The largest absolute Gasteiger partial charge is 0.355 e. The van der Waals surface area contributed by atoms with Gasteiger partial charge in [0.05, 0.1) is 5.92 Å². The molecule has 25 heavy (non-hydrogen) atoms. The molecule has 0 unspecified atom stereocenters. The molecule has 0 bridgehead atoms. The summed E-state index contributed by atoms with van der Waals surface area (Å²) in [7, 11) is 0. The molecule has 1 fully saturated rings. The van der Waals surface area contributed by atoms with Gasteiger partial charge in [0, 0.05) is 26.1 Å². The molecule has 3 rings (SSSR count). The Hall–Kier alpha value is -2.62. The molecule has 0 aliphatic carbocycles. The molecule has 2 aromatic rings. The number of nitrogens with one attached hydrogen (secondary N) is 1. The van der Waals surface area contributed by atoms with Crippen molar-refractivity contribution in [3.63, 3.8) is 0 Å². The van der Waals surface area contributed by atoms with Crippen LogP contribution in [0.15, 0.2) is 60.7 Å². The van der Waals surface area contributed by atoms with E-state index in [0.717, 1.165) is 5.56 Å². The average Bonchev–Trinajstić information content (AvgIpc) is 3.01. The summed E-state index contributed by atoms with van der Waals surface area (Å²) < 4.78 is 0. The molecule has 1 aliphatic heterocycles. The predicted molar refractivity (Wildman–Crippen MR) is 97.8 cm³/mol. The van der Waals surface area contributed by atoms with Crippen LogP contribution in [-0.4, -0.2) is 29.8 Å². The summed E-state index contributed by atoms with van der Waals surface area (Å²) in [5.74, 6) is 0.0358. The van der Waals surface area contributed by atoms with Crippen LogP contribution in [0.1, 0.15) is 30.4 Å². The summed E-state index contributed by atoms with van der Waals surface area (Å²) in [4.78, 5) is 26.4. The maximum absolute atomic E-state index is 12.4. The van der Waals surface area contributed by atoms with Gasteiger partial charge in [-0.1, -0.05) is 67.6 Å². The second-order valence-corrected chi connectivity index (χ2v) is 6.72. The van der Waals surface area contributed by atoms with Gasteiger partial charge in [0.1, 0.15) is 0 Å². The molecule has 4 nitrogen and oxygen atoms in total. The minimum Gasteiger partial charge on any atom is -0.355 e. The van der Waals surface area contributed by atoms with Crippen LogP contribution in [-0.2, 0) is 16.1 Å². The van der Waals surface area contributed by atoms with Crippen molar-refractivity contribution in [2.75, 3.05) is 13.1 Å². The standard InChI is InChI=1S/C21H24N2O2/c1-16(18-10-6-3-7-11-18)13-22-21(25)19-12-20(24)23(15-19)14-17-8-4-2-5-9-17/h2-11,16,19H,12-15H2,1H3,(H,22,25)/t16-,19+/m1/s1. The van der Waals surface area contributed by atoms with Gasteiger partial charge in [-0.15, -0.1) is 0 Å². The summed E-state index contributed by atoms with van der Waals surface area (Å²) in [6.07, 6.45) is 0.304. The van der Waals surface area contributed by atoms with E-state index < -0.39 is 0 Å². The van der Waals surface area contributed by atoms with E-state index in [1.54, 1.807) is 4.90 Å². The van der Waals surface area contributed by atoms with Gasteiger partial charge in [-0.05, 0) is 17.0 Å². The van der Waals surface area contributed by atoms with Crippen molar-refractivity contribution in [3.8, 4) is 0 Å². The Morgan fingerprint density at radius 1 is 1.12 bits per heavy atom. The number of carbonyl (C=O) groups is 2. The summed E-state index contributed by atoms with van der Waals surface area (Å²) in [5.41, 5.74) is 2.30. The van der Waals surface area contributed by atoms with Gasteiger partial charge in [-0.2, -0.15) is 0 Å². The Bertz CT molecular complexity index is 715. The Labute approximate surface area is 148 Å². The minimum absolute atomic E-state index is 0.0216. The van der Waals surface area contributed by atoms with Gasteiger partial charge in [-0.25, -0.2) is 0 Å². The lowest BCUT2D eigenvalue weighted by atomic mass is 10.0. The van der Waals surface area contributed by atoms with Crippen LogP contribution in [0.3, 0.4) is 0 Å². The number of rotatable bonds is 6. The molecule has 2 amide bonds. The normalized spacial score (nSPS) is 18.2. The van der Waals surface area contributed by atoms with Crippen molar-refractivity contribution in [2.45, 2.75) is 25.8 Å². The molecule has 1 aliphatic rings. The molecule has 0 spiro atoms. The monoisotopic (exact) mass is 336 g/mol. The quantitative estimate of drug-likeness (QED) is 0.882. The fraction of sp³-hybridized carbons (Fsp3) is 0.333. The SMILES string of the molecule is C[C@H](CNC(=O)[C@H]1CC(=O)N(Cc2ccccc2)C1)c1ccccc1. The van der Waals surface area contributed by atoms with Gasteiger partial charge >= 0.3 is 0 Å². The molecule has 130 valence electrons. The zero-order valence-corrected chi connectivity index (χ0v) is 14.5. The third-order valence-electron chi connectivity index (χ3n) is 4.75. The van der Waals surface area contributed by atoms with Gasteiger partial charge < -0.3 is 10.2 Å². The number of nitrogens with zero attached hydrogens (tertiary/aromatic N) is 1. The maximum Gasteiger partial charge on any atom is 0.225 e. The zero-order valence-electron chi connectivity index (χ0n) is 14.5. The zero-order chi connectivity index (χ0) is 17.6. The number of hydrogen-bond donors (Lipinski definition) is 1. The summed E-state index contributed by atoms with van der Waals surface area (Å²) >= 11 is 0. The first kappa shape index (κ1) is 17.2. The van der Waals surface area contributed by atoms with Crippen molar-refractivity contribution in [2.24, 2.45) is 5.92 Å². The highest BCUT2D eigenvalue weighted by molar-refractivity contribution is 5.89. The van der Waals surface area contributed by atoms with Crippen LogP contribution in [0.4, 0.5) is 0 Å². The average molecular weight is 336 g/mol. The lowest BCUT2D eigenvalue weighted by Crippen LogP contribution is -2.34. The van der Waals surface area contributed by atoms with E-state index >= 15 is 0 Å². The van der Waals surface area contributed by atoms with Crippen LogP contribution in [0.25, 0.3) is 0 Å². The Kier molecular flexibility index (Phi) is 5.49. The highest BCUT2D eigenvalue weighted by Crippen LogP contribution is 2.21. The van der Waals surface area contributed by atoms with Crippen molar-refractivity contribution in [1.82, 2.24) is 10.2 Å². The summed E-state index contributed by atoms with van der Waals surface area (Å²) in [6, 6.07) is 20.0. The van der Waals surface area contributed by atoms with Crippen molar-refractivity contribution < 1.29 is 9.59 Å². The predicted octanol–water partition coefficient (Wildman–Crippen LogP) is 2.96. The van der Waals surface area contributed by atoms with Crippen molar-refractivity contribution >= 4 is 11.8 Å². The minimum atomic E-state index is -0.251. The van der Waals surface area contributed by atoms with Crippen LogP contribution in [0.5, 0.6) is 0 Å². The Morgan fingerprint density at radius 3 is 2.44 bits per heavy atom. The molecule has 2 aromatic carbocycles. The lowest BCUT2D eigenvalue weighted by Gasteiger charge is -2.17. The molecule has 0 aromatic heterocycles. The van der Waals surface area contributed by atoms with Gasteiger partial charge in [0.15, 0.2) is 0 Å². The first-order valence-corrected chi connectivity index (χ1v) is 8.78.